The van der Waals surface area contributed by atoms with Crippen molar-refractivity contribution in [2.75, 3.05) is 19.4 Å². The zero-order valence-corrected chi connectivity index (χ0v) is 11.9. The highest BCUT2D eigenvalue weighted by Gasteiger charge is 2.41. The molecular formula is C16H18FN3O. The fraction of sp³-hybridized carbons (Fsp3) is 0.312. The Hall–Kier alpha value is -2.14. The predicted molar refractivity (Wildman–Crippen MR) is 80.6 cm³/mol. The average molecular weight is 287 g/mol. The normalized spacial score (nSPS) is 15.7. The summed E-state index contributed by atoms with van der Waals surface area (Å²) < 4.78 is 19.7. The third kappa shape index (κ3) is 2.97. The van der Waals surface area contributed by atoms with Gasteiger partial charge in [0.15, 0.2) is 0 Å². The molecule has 0 spiro atoms. The van der Waals surface area contributed by atoms with Gasteiger partial charge >= 0.3 is 0 Å². The van der Waals surface area contributed by atoms with Gasteiger partial charge in [0.25, 0.3) is 0 Å². The van der Waals surface area contributed by atoms with Crippen molar-refractivity contribution in [3.05, 3.63) is 42.5 Å². The largest absolute Gasteiger partial charge is 0.490 e. The molecule has 3 N–H and O–H groups in total. The van der Waals surface area contributed by atoms with Gasteiger partial charge in [0, 0.05) is 11.3 Å². The van der Waals surface area contributed by atoms with Gasteiger partial charge < -0.3 is 15.8 Å². The molecule has 1 heterocycles. The third-order valence-electron chi connectivity index (χ3n) is 3.91. The van der Waals surface area contributed by atoms with Crippen LogP contribution < -0.4 is 15.8 Å². The molecule has 4 nitrogen and oxygen atoms in total. The van der Waals surface area contributed by atoms with E-state index in [1.54, 1.807) is 30.3 Å². The molecule has 5 heteroatoms. The second-order valence-electron chi connectivity index (χ2n) is 5.45. The van der Waals surface area contributed by atoms with E-state index in [0.29, 0.717) is 29.2 Å². The summed E-state index contributed by atoms with van der Waals surface area (Å²) in [5.41, 5.74) is 7.50. The van der Waals surface area contributed by atoms with Crippen molar-refractivity contribution in [1.29, 1.82) is 0 Å². The lowest BCUT2D eigenvalue weighted by molar-refractivity contribution is 0.258. The van der Waals surface area contributed by atoms with E-state index in [1.165, 1.54) is 6.20 Å². The quantitative estimate of drug-likeness (QED) is 0.655. The van der Waals surface area contributed by atoms with Gasteiger partial charge in [-0.1, -0.05) is 12.1 Å². The molecule has 0 radical (unpaired) electrons. The van der Waals surface area contributed by atoms with Crippen molar-refractivity contribution in [3.63, 3.8) is 0 Å². The van der Waals surface area contributed by atoms with E-state index in [2.05, 4.69) is 10.3 Å². The standard InChI is InChI=1S/C16H18FN3O/c1-19-16(5-6-16)10-21-13-8-14(15(17)20-9-13)11-3-2-4-12(18)7-11/h2-4,7-9,19H,5-6,10,18H2,1H3. The Balaban J connectivity index is 1.83. The third-order valence-corrected chi connectivity index (χ3v) is 3.91. The smallest absolute Gasteiger partial charge is 0.220 e. The van der Waals surface area contributed by atoms with Gasteiger partial charge in [0.05, 0.1) is 11.7 Å². The van der Waals surface area contributed by atoms with Crippen LogP contribution in [0.5, 0.6) is 5.75 Å². The minimum Gasteiger partial charge on any atom is -0.490 e. The summed E-state index contributed by atoms with van der Waals surface area (Å²) in [7, 11) is 1.93. The van der Waals surface area contributed by atoms with E-state index in [0.717, 1.165) is 12.8 Å². The summed E-state index contributed by atoms with van der Waals surface area (Å²) >= 11 is 0. The fourth-order valence-electron chi connectivity index (χ4n) is 2.26. The Kier molecular flexibility index (Phi) is 3.51. The van der Waals surface area contributed by atoms with Crippen molar-refractivity contribution < 1.29 is 9.13 Å². The number of hydrogen-bond donors (Lipinski definition) is 2. The summed E-state index contributed by atoms with van der Waals surface area (Å²) in [6.07, 6.45) is 3.61. The first-order valence-electron chi connectivity index (χ1n) is 6.95. The zero-order chi connectivity index (χ0) is 14.9. The molecule has 0 atom stereocenters. The van der Waals surface area contributed by atoms with E-state index in [-0.39, 0.29) is 5.54 Å². The number of benzene rings is 1. The highest BCUT2D eigenvalue weighted by atomic mass is 19.1. The highest BCUT2D eigenvalue weighted by Crippen LogP contribution is 2.35. The number of nitrogen functional groups attached to an aromatic ring is 1. The molecule has 1 saturated carbocycles. The van der Waals surface area contributed by atoms with Crippen LogP contribution in [-0.4, -0.2) is 24.2 Å². The molecule has 1 aromatic carbocycles. The summed E-state index contributed by atoms with van der Waals surface area (Å²) in [6, 6.07) is 8.75. The Morgan fingerprint density at radius 2 is 2.19 bits per heavy atom. The lowest BCUT2D eigenvalue weighted by Gasteiger charge is -2.15. The first-order valence-corrected chi connectivity index (χ1v) is 6.95. The number of nitrogens with zero attached hydrogens (tertiary/aromatic N) is 1. The molecule has 1 fully saturated rings. The zero-order valence-electron chi connectivity index (χ0n) is 11.9. The number of nitrogens with one attached hydrogen (secondary N) is 1. The predicted octanol–water partition coefficient (Wildman–Crippen LogP) is 2.60. The van der Waals surface area contributed by atoms with Gasteiger partial charge in [0.1, 0.15) is 12.4 Å². The van der Waals surface area contributed by atoms with Crippen LogP contribution in [-0.2, 0) is 0 Å². The van der Waals surface area contributed by atoms with Crippen LogP contribution in [0, 0.1) is 5.95 Å². The van der Waals surface area contributed by atoms with Gasteiger partial charge in [-0.05, 0) is 43.7 Å². The number of rotatable bonds is 5. The topological polar surface area (TPSA) is 60.2 Å². The highest BCUT2D eigenvalue weighted by molar-refractivity contribution is 5.68. The van der Waals surface area contributed by atoms with Crippen molar-refractivity contribution in [1.82, 2.24) is 10.3 Å². The van der Waals surface area contributed by atoms with Crippen molar-refractivity contribution in [2.45, 2.75) is 18.4 Å². The molecule has 1 aliphatic carbocycles. The SMILES string of the molecule is CNC1(COc2cnc(F)c(-c3cccc(N)c3)c2)CC1. The van der Waals surface area contributed by atoms with Crippen LogP contribution in [0.2, 0.25) is 0 Å². The molecule has 0 aliphatic heterocycles. The first kappa shape index (κ1) is 13.8. The van der Waals surface area contributed by atoms with Gasteiger partial charge in [-0.2, -0.15) is 4.39 Å². The second-order valence-corrected chi connectivity index (χ2v) is 5.45. The molecule has 0 amide bonds. The van der Waals surface area contributed by atoms with Crippen LogP contribution in [0.25, 0.3) is 11.1 Å². The minimum absolute atomic E-state index is 0.0751. The summed E-state index contributed by atoms with van der Waals surface area (Å²) in [5, 5.41) is 3.25. The average Bonchev–Trinajstić information content (AvgIpc) is 3.27. The summed E-state index contributed by atoms with van der Waals surface area (Å²) in [4.78, 5) is 3.78. The molecule has 0 saturated heterocycles. The van der Waals surface area contributed by atoms with Gasteiger partial charge in [0.2, 0.25) is 5.95 Å². The van der Waals surface area contributed by atoms with Crippen molar-refractivity contribution in [2.24, 2.45) is 0 Å². The number of likely N-dealkylation sites (N-methyl/N-ethyl adjacent to an activating group) is 1. The Bertz CT molecular complexity index is 656. The molecule has 110 valence electrons. The van der Waals surface area contributed by atoms with Crippen molar-refractivity contribution in [3.8, 4) is 16.9 Å². The lowest BCUT2D eigenvalue weighted by Crippen LogP contribution is -2.33. The number of ether oxygens (including phenoxy) is 1. The van der Waals surface area contributed by atoms with Crippen molar-refractivity contribution >= 4 is 5.69 Å². The lowest BCUT2D eigenvalue weighted by atomic mass is 10.1. The number of halogens is 1. The van der Waals surface area contributed by atoms with Crippen LogP contribution in [0.4, 0.5) is 10.1 Å². The van der Waals surface area contributed by atoms with Crippen LogP contribution >= 0.6 is 0 Å². The number of anilines is 1. The number of aromatic nitrogens is 1. The van der Waals surface area contributed by atoms with Gasteiger partial charge in [-0.25, -0.2) is 4.98 Å². The van der Waals surface area contributed by atoms with Crippen LogP contribution in [0.3, 0.4) is 0 Å². The fourth-order valence-corrected chi connectivity index (χ4v) is 2.26. The van der Waals surface area contributed by atoms with Gasteiger partial charge in [-0.15, -0.1) is 0 Å². The Morgan fingerprint density at radius 3 is 2.86 bits per heavy atom. The van der Waals surface area contributed by atoms with Crippen LogP contribution in [0.1, 0.15) is 12.8 Å². The molecular weight excluding hydrogens is 269 g/mol. The maximum atomic E-state index is 13.9. The van der Waals surface area contributed by atoms with E-state index in [4.69, 9.17) is 10.5 Å². The molecule has 1 aromatic heterocycles. The van der Waals surface area contributed by atoms with E-state index in [1.807, 2.05) is 7.05 Å². The summed E-state index contributed by atoms with van der Waals surface area (Å²) in [5.74, 6) is 0.0399. The molecule has 0 bridgehead atoms. The second kappa shape index (κ2) is 5.33. The van der Waals surface area contributed by atoms with E-state index < -0.39 is 5.95 Å². The van der Waals surface area contributed by atoms with Gasteiger partial charge in [-0.3, -0.25) is 0 Å². The maximum Gasteiger partial charge on any atom is 0.220 e. The van der Waals surface area contributed by atoms with E-state index >= 15 is 0 Å². The number of hydrogen-bond acceptors (Lipinski definition) is 4. The maximum absolute atomic E-state index is 13.9. The van der Waals surface area contributed by atoms with E-state index in [9.17, 15) is 4.39 Å². The minimum atomic E-state index is -0.525. The first-order chi connectivity index (χ1) is 10.1. The number of nitrogens with two attached hydrogens (primary N) is 1. The van der Waals surface area contributed by atoms with Crippen LogP contribution in [0.15, 0.2) is 36.5 Å². The molecule has 2 aromatic rings. The molecule has 21 heavy (non-hydrogen) atoms. The molecule has 1 aliphatic rings. The Morgan fingerprint density at radius 1 is 1.38 bits per heavy atom. The molecule has 0 unspecified atom stereocenters. The Labute approximate surface area is 123 Å². The summed E-state index contributed by atoms with van der Waals surface area (Å²) in [6.45, 7) is 0.563. The molecule has 3 rings (SSSR count). The number of pyridine rings is 1. The monoisotopic (exact) mass is 287 g/mol.